The van der Waals surface area contributed by atoms with Crippen LogP contribution in [0.2, 0.25) is 0 Å². The quantitative estimate of drug-likeness (QED) is 0.722. The highest BCUT2D eigenvalue weighted by molar-refractivity contribution is 4.70. The third-order valence-corrected chi connectivity index (χ3v) is 3.86. The van der Waals surface area contributed by atoms with Gasteiger partial charge in [0.1, 0.15) is 0 Å². The normalized spacial score (nSPS) is 29.2. The number of rotatable bonds is 4. The fourth-order valence-corrected chi connectivity index (χ4v) is 2.80. The predicted molar refractivity (Wildman–Crippen MR) is 63.0 cm³/mol. The Morgan fingerprint density at radius 1 is 0.867 bits per heavy atom. The Labute approximate surface area is 93.8 Å². The summed E-state index contributed by atoms with van der Waals surface area (Å²) in [5, 5.41) is 3.64. The zero-order valence-corrected chi connectivity index (χ0v) is 9.84. The monoisotopic (exact) mass is 211 g/mol. The van der Waals surface area contributed by atoms with E-state index in [2.05, 4.69) is 5.32 Å². The lowest BCUT2D eigenvalue weighted by Crippen LogP contribution is -2.28. The molecule has 1 saturated heterocycles. The smallest absolute Gasteiger partial charge is 0.0507 e. The van der Waals surface area contributed by atoms with Crippen LogP contribution in [0.4, 0.5) is 0 Å². The standard InChI is InChI=1S/C13H25NO/c1-2-4-6-12(5-3-1)9-14-10-13-7-8-15-11-13/h12-14H,1-11H2. The summed E-state index contributed by atoms with van der Waals surface area (Å²) < 4.78 is 5.38. The van der Waals surface area contributed by atoms with Crippen LogP contribution >= 0.6 is 0 Å². The van der Waals surface area contributed by atoms with Gasteiger partial charge in [-0.2, -0.15) is 0 Å². The van der Waals surface area contributed by atoms with Crippen LogP contribution in [-0.4, -0.2) is 26.3 Å². The maximum Gasteiger partial charge on any atom is 0.0507 e. The van der Waals surface area contributed by atoms with Crippen LogP contribution in [0, 0.1) is 11.8 Å². The summed E-state index contributed by atoms with van der Waals surface area (Å²) in [5.41, 5.74) is 0. The predicted octanol–water partition coefficient (Wildman–Crippen LogP) is 2.58. The van der Waals surface area contributed by atoms with Crippen LogP contribution in [0.25, 0.3) is 0 Å². The second-order valence-electron chi connectivity index (χ2n) is 5.25. The third kappa shape index (κ3) is 4.12. The fraction of sp³-hybridized carbons (Fsp3) is 1.00. The van der Waals surface area contributed by atoms with Gasteiger partial charge in [-0.1, -0.05) is 25.7 Å². The molecule has 0 amide bonds. The lowest BCUT2D eigenvalue weighted by Gasteiger charge is -2.16. The van der Waals surface area contributed by atoms with Crippen LogP contribution < -0.4 is 5.32 Å². The van der Waals surface area contributed by atoms with E-state index in [1.54, 1.807) is 0 Å². The maximum atomic E-state index is 5.38. The van der Waals surface area contributed by atoms with Gasteiger partial charge in [0.2, 0.25) is 0 Å². The van der Waals surface area contributed by atoms with E-state index in [4.69, 9.17) is 4.74 Å². The third-order valence-electron chi connectivity index (χ3n) is 3.86. The Kier molecular flexibility index (Phi) is 4.94. The summed E-state index contributed by atoms with van der Waals surface area (Å²) >= 11 is 0. The zero-order chi connectivity index (χ0) is 10.3. The van der Waals surface area contributed by atoms with E-state index in [1.807, 2.05) is 0 Å². The molecule has 0 aromatic heterocycles. The van der Waals surface area contributed by atoms with E-state index in [0.717, 1.165) is 25.0 Å². The minimum Gasteiger partial charge on any atom is -0.381 e. The topological polar surface area (TPSA) is 21.3 Å². The van der Waals surface area contributed by atoms with Gasteiger partial charge < -0.3 is 10.1 Å². The molecule has 1 heterocycles. The highest BCUT2D eigenvalue weighted by Gasteiger charge is 2.16. The Bertz CT molecular complexity index is 158. The Morgan fingerprint density at radius 2 is 1.60 bits per heavy atom. The number of hydrogen-bond donors (Lipinski definition) is 1. The van der Waals surface area contributed by atoms with Gasteiger partial charge in [-0.25, -0.2) is 0 Å². The summed E-state index contributed by atoms with van der Waals surface area (Å²) in [6.45, 7) is 4.39. The molecular weight excluding hydrogens is 186 g/mol. The summed E-state index contributed by atoms with van der Waals surface area (Å²) in [6, 6.07) is 0. The summed E-state index contributed by atoms with van der Waals surface area (Å²) in [4.78, 5) is 0. The van der Waals surface area contributed by atoms with E-state index >= 15 is 0 Å². The van der Waals surface area contributed by atoms with E-state index in [9.17, 15) is 0 Å². The molecule has 0 spiro atoms. The highest BCUT2D eigenvalue weighted by atomic mass is 16.5. The molecule has 1 unspecified atom stereocenters. The highest BCUT2D eigenvalue weighted by Crippen LogP contribution is 2.22. The van der Waals surface area contributed by atoms with Gasteiger partial charge in [-0.15, -0.1) is 0 Å². The van der Waals surface area contributed by atoms with Gasteiger partial charge in [0, 0.05) is 13.2 Å². The van der Waals surface area contributed by atoms with E-state index < -0.39 is 0 Å². The fourth-order valence-electron chi connectivity index (χ4n) is 2.80. The molecule has 1 saturated carbocycles. The molecule has 1 N–H and O–H groups in total. The second-order valence-corrected chi connectivity index (χ2v) is 5.25. The Hall–Kier alpha value is -0.0800. The first kappa shape index (κ1) is 11.4. The Morgan fingerprint density at radius 3 is 2.27 bits per heavy atom. The Balaban J connectivity index is 1.55. The van der Waals surface area contributed by atoms with Crippen molar-refractivity contribution in [1.29, 1.82) is 0 Å². The summed E-state index contributed by atoms with van der Waals surface area (Å²) in [6.07, 6.45) is 10.0. The van der Waals surface area contributed by atoms with Crippen molar-refractivity contribution >= 4 is 0 Å². The molecule has 1 atom stereocenters. The molecule has 2 heteroatoms. The first-order chi connectivity index (χ1) is 7.45. The molecule has 0 aromatic rings. The van der Waals surface area contributed by atoms with Crippen LogP contribution in [0.1, 0.15) is 44.9 Å². The van der Waals surface area contributed by atoms with Crippen molar-refractivity contribution in [2.45, 2.75) is 44.9 Å². The van der Waals surface area contributed by atoms with Crippen molar-refractivity contribution in [3.63, 3.8) is 0 Å². The van der Waals surface area contributed by atoms with Gasteiger partial charge in [-0.05, 0) is 37.6 Å². The average Bonchev–Trinajstić information content (AvgIpc) is 2.62. The van der Waals surface area contributed by atoms with E-state index in [-0.39, 0.29) is 0 Å². The van der Waals surface area contributed by atoms with E-state index in [1.165, 1.54) is 58.0 Å². The number of ether oxygens (including phenoxy) is 1. The molecule has 0 bridgehead atoms. The van der Waals surface area contributed by atoms with Crippen molar-refractivity contribution in [2.24, 2.45) is 11.8 Å². The molecule has 2 fully saturated rings. The lowest BCUT2D eigenvalue weighted by atomic mass is 10.00. The van der Waals surface area contributed by atoms with Crippen molar-refractivity contribution in [3.8, 4) is 0 Å². The van der Waals surface area contributed by atoms with Crippen molar-refractivity contribution < 1.29 is 4.74 Å². The number of nitrogens with one attached hydrogen (secondary N) is 1. The minimum absolute atomic E-state index is 0.788. The van der Waals surface area contributed by atoms with Gasteiger partial charge in [0.15, 0.2) is 0 Å². The molecule has 1 aliphatic carbocycles. The number of hydrogen-bond acceptors (Lipinski definition) is 2. The maximum absolute atomic E-state index is 5.38. The van der Waals surface area contributed by atoms with Crippen LogP contribution in [0.3, 0.4) is 0 Å². The van der Waals surface area contributed by atoms with Crippen molar-refractivity contribution in [2.75, 3.05) is 26.3 Å². The van der Waals surface area contributed by atoms with Crippen LogP contribution in [0.5, 0.6) is 0 Å². The van der Waals surface area contributed by atoms with Crippen LogP contribution in [0.15, 0.2) is 0 Å². The SMILES string of the molecule is C1CCCC(CNCC2CCOC2)CC1. The average molecular weight is 211 g/mol. The van der Waals surface area contributed by atoms with E-state index in [0.29, 0.717) is 0 Å². The molecule has 15 heavy (non-hydrogen) atoms. The summed E-state index contributed by atoms with van der Waals surface area (Å²) in [7, 11) is 0. The molecule has 2 rings (SSSR count). The molecule has 1 aliphatic heterocycles. The molecule has 0 radical (unpaired) electrons. The second kappa shape index (κ2) is 6.49. The largest absolute Gasteiger partial charge is 0.381 e. The van der Waals surface area contributed by atoms with Gasteiger partial charge in [0.25, 0.3) is 0 Å². The zero-order valence-electron chi connectivity index (χ0n) is 9.84. The molecule has 88 valence electrons. The minimum atomic E-state index is 0.788. The first-order valence-electron chi connectivity index (χ1n) is 6.73. The molecule has 2 aliphatic rings. The van der Waals surface area contributed by atoms with Crippen molar-refractivity contribution in [1.82, 2.24) is 5.32 Å². The molecule has 2 nitrogen and oxygen atoms in total. The van der Waals surface area contributed by atoms with Gasteiger partial charge in [-0.3, -0.25) is 0 Å². The van der Waals surface area contributed by atoms with Gasteiger partial charge in [0.05, 0.1) is 6.61 Å². The lowest BCUT2D eigenvalue weighted by molar-refractivity contribution is 0.185. The van der Waals surface area contributed by atoms with Crippen molar-refractivity contribution in [3.05, 3.63) is 0 Å². The van der Waals surface area contributed by atoms with Crippen LogP contribution in [-0.2, 0) is 4.74 Å². The molecule has 0 aromatic carbocycles. The first-order valence-corrected chi connectivity index (χ1v) is 6.73. The molecular formula is C13H25NO. The summed E-state index contributed by atoms with van der Waals surface area (Å²) in [5.74, 6) is 1.74. The van der Waals surface area contributed by atoms with Gasteiger partial charge >= 0.3 is 0 Å².